The zero-order valence-corrected chi connectivity index (χ0v) is 23.1. The van der Waals surface area contributed by atoms with Crippen LogP contribution >= 0.6 is 15.9 Å². The van der Waals surface area contributed by atoms with Crippen LogP contribution in [0.15, 0.2) is 77.3 Å². The number of hydrogen-bond donors (Lipinski definition) is 3. The van der Waals surface area contributed by atoms with E-state index in [1.165, 1.54) is 24.3 Å². The van der Waals surface area contributed by atoms with Gasteiger partial charge >= 0.3 is 30.3 Å². The van der Waals surface area contributed by atoms with Crippen LogP contribution in [-0.2, 0) is 31.4 Å². The fourth-order valence-electron chi connectivity index (χ4n) is 3.37. The van der Waals surface area contributed by atoms with Gasteiger partial charge in [-0.3, -0.25) is 20.4 Å². The first-order valence-electron chi connectivity index (χ1n) is 11.8. The number of carbonyl (C=O) groups excluding carboxylic acids is 4. The number of carboxylic acids is 1. The maximum Gasteiger partial charge on any atom is 0.416 e. The van der Waals surface area contributed by atoms with E-state index < -0.39 is 76.5 Å². The van der Waals surface area contributed by atoms with E-state index in [0.29, 0.717) is 28.7 Å². The standard InChI is InChI=1S/C27H17BrF6N2O8/c28-18-9-7-13(8-10-18)21(37)35-36-22(38)19(43-24(41)14-3-1-5-16(11-14)26(29,30)31)20(23(39)40)44-25(42)15-4-2-6-17(12-15)27(32,33)34/h1-12,19-20H,(H,35,37)(H,36,38)(H,39,40)/t19-,20-/m1/s1. The summed E-state index contributed by atoms with van der Waals surface area (Å²) in [6, 6.07) is 10.7. The minimum Gasteiger partial charge on any atom is -0.478 e. The molecule has 2 amide bonds. The van der Waals surface area contributed by atoms with E-state index in [-0.39, 0.29) is 5.56 Å². The molecule has 0 aliphatic rings. The van der Waals surface area contributed by atoms with Crippen LogP contribution in [0.1, 0.15) is 42.2 Å². The van der Waals surface area contributed by atoms with Gasteiger partial charge in [-0.1, -0.05) is 28.1 Å². The van der Waals surface area contributed by atoms with E-state index in [1.54, 1.807) is 5.43 Å². The third kappa shape index (κ3) is 8.79. The first kappa shape index (κ1) is 33.6. The van der Waals surface area contributed by atoms with Gasteiger partial charge in [-0.25, -0.2) is 14.4 Å². The molecule has 10 nitrogen and oxygen atoms in total. The summed E-state index contributed by atoms with van der Waals surface area (Å²) in [6.45, 7) is 0. The number of rotatable bonds is 8. The summed E-state index contributed by atoms with van der Waals surface area (Å²) in [6.07, 6.45) is -15.3. The molecule has 0 radical (unpaired) electrons. The second kappa shape index (κ2) is 13.6. The Balaban J connectivity index is 1.92. The number of aliphatic carboxylic acids is 1. The molecule has 3 aromatic carbocycles. The average Bonchev–Trinajstić information content (AvgIpc) is 2.96. The van der Waals surface area contributed by atoms with Crippen LogP contribution in [0.2, 0.25) is 0 Å². The van der Waals surface area contributed by atoms with Crippen LogP contribution in [0.3, 0.4) is 0 Å². The number of nitrogens with one attached hydrogen (secondary N) is 2. The van der Waals surface area contributed by atoms with E-state index in [1.807, 2.05) is 5.43 Å². The number of ether oxygens (including phenoxy) is 2. The molecule has 0 saturated heterocycles. The molecule has 232 valence electrons. The monoisotopic (exact) mass is 690 g/mol. The van der Waals surface area contributed by atoms with Gasteiger partial charge < -0.3 is 14.6 Å². The van der Waals surface area contributed by atoms with Gasteiger partial charge in [0, 0.05) is 10.0 Å². The van der Waals surface area contributed by atoms with Crippen molar-refractivity contribution in [2.75, 3.05) is 0 Å². The van der Waals surface area contributed by atoms with Gasteiger partial charge in [0.2, 0.25) is 12.2 Å². The topological polar surface area (TPSA) is 148 Å². The number of hydrogen-bond acceptors (Lipinski definition) is 7. The summed E-state index contributed by atoms with van der Waals surface area (Å²) in [7, 11) is 0. The average molecular weight is 691 g/mol. The molecule has 0 aliphatic carbocycles. The first-order chi connectivity index (χ1) is 20.5. The van der Waals surface area contributed by atoms with E-state index in [9.17, 15) is 55.4 Å². The molecular formula is C27H17BrF6N2O8. The summed E-state index contributed by atoms with van der Waals surface area (Å²) < 4.78 is 88.8. The van der Waals surface area contributed by atoms with Gasteiger partial charge in [-0.05, 0) is 60.7 Å². The Hall–Kier alpha value is -4.93. The summed E-state index contributed by atoms with van der Waals surface area (Å²) in [5.41, 5.74) is -0.590. The molecular weight excluding hydrogens is 674 g/mol. The van der Waals surface area contributed by atoms with Crippen molar-refractivity contribution in [2.45, 2.75) is 24.6 Å². The van der Waals surface area contributed by atoms with Crippen molar-refractivity contribution in [2.24, 2.45) is 0 Å². The second-order valence-electron chi connectivity index (χ2n) is 8.60. The number of alkyl halides is 6. The van der Waals surface area contributed by atoms with Crippen LogP contribution in [0.5, 0.6) is 0 Å². The van der Waals surface area contributed by atoms with E-state index in [2.05, 4.69) is 15.9 Å². The molecule has 3 N–H and O–H groups in total. The third-order valence-electron chi connectivity index (χ3n) is 5.50. The summed E-state index contributed by atoms with van der Waals surface area (Å²) in [4.78, 5) is 62.8. The number of carboxylic acid groups (broad SMARTS) is 1. The SMILES string of the molecule is O=C(NNC(=O)[C@H](OC(=O)c1cccc(C(F)(F)F)c1)[C@@H](OC(=O)c1cccc(C(F)(F)F)c1)C(=O)O)c1ccc(Br)cc1. The number of esters is 2. The molecule has 0 fully saturated rings. The molecule has 3 rings (SSSR count). The second-order valence-corrected chi connectivity index (χ2v) is 9.51. The maximum atomic E-state index is 13.1. The molecule has 0 aliphatic heterocycles. The molecule has 0 bridgehead atoms. The van der Waals surface area contributed by atoms with E-state index >= 15 is 0 Å². The fourth-order valence-corrected chi connectivity index (χ4v) is 3.63. The molecule has 0 heterocycles. The summed E-state index contributed by atoms with van der Waals surface area (Å²) in [5, 5.41) is 9.72. The van der Waals surface area contributed by atoms with E-state index in [0.717, 1.165) is 24.3 Å². The Bertz CT molecular complexity index is 1580. The van der Waals surface area contributed by atoms with Gasteiger partial charge in [-0.15, -0.1) is 0 Å². The Labute approximate surface area is 251 Å². The highest BCUT2D eigenvalue weighted by Gasteiger charge is 2.42. The van der Waals surface area contributed by atoms with Gasteiger partial charge in [0.25, 0.3) is 11.8 Å². The quantitative estimate of drug-likeness (QED) is 0.174. The van der Waals surface area contributed by atoms with Crippen LogP contribution in [0.25, 0.3) is 0 Å². The molecule has 0 aromatic heterocycles. The zero-order chi connectivity index (χ0) is 32.8. The zero-order valence-electron chi connectivity index (χ0n) is 21.5. The van der Waals surface area contributed by atoms with Crippen molar-refractivity contribution in [3.8, 4) is 0 Å². The molecule has 3 aromatic rings. The lowest BCUT2D eigenvalue weighted by atomic mass is 10.1. The highest BCUT2D eigenvalue weighted by molar-refractivity contribution is 9.10. The molecule has 0 unspecified atom stereocenters. The Kier molecular flexibility index (Phi) is 10.4. The van der Waals surface area contributed by atoms with Gasteiger partial charge in [0.1, 0.15) is 0 Å². The van der Waals surface area contributed by atoms with Gasteiger partial charge in [0.05, 0.1) is 22.3 Å². The fraction of sp³-hybridized carbons (Fsp3) is 0.148. The largest absolute Gasteiger partial charge is 0.478 e. The van der Waals surface area contributed by atoms with Crippen molar-refractivity contribution in [3.05, 3.63) is 105 Å². The number of carbonyl (C=O) groups is 5. The maximum absolute atomic E-state index is 13.1. The first-order valence-corrected chi connectivity index (χ1v) is 12.6. The molecule has 0 saturated carbocycles. The highest BCUT2D eigenvalue weighted by atomic mass is 79.9. The van der Waals surface area contributed by atoms with Crippen LogP contribution in [-0.4, -0.2) is 47.0 Å². The number of benzene rings is 3. The lowest BCUT2D eigenvalue weighted by Gasteiger charge is -2.24. The molecule has 44 heavy (non-hydrogen) atoms. The summed E-state index contributed by atoms with van der Waals surface area (Å²) in [5.74, 6) is -8.13. The van der Waals surface area contributed by atoms with Crippen molar-refractivity contribution in [1.82, 2.24) is 10.9 Å². The highest BCUT2D eigenvalue weighted by Crippen LogP contribution is 2.31. The van der Waals surface area contributed by atoms with Gasteiger partial charge in [-0.2, -0.15) is 26.3 Å². The Morgan fingerprint density at radius 3 is 1.55 bits per heavy atom. The van der Waals surface area contributed by atoms with Crippen LogP contribution in [0.4, 0.5) is 26.3 Å². The number of halogens is 7. The van der Waals surface area contributed by atoms with Gasteiger partial charge in [0.15, 0.2) is 0 Å². The number of amides is 2. The predicted molar refractivity (Wildman–Crippen MR) is 139 cm³/mol. The summed E-state index contributed by atoms with van der Waals surface area (Å²) >= 11 is 3.15. The van der Waals surface area contributed by atoms with Crippen LogP contribution < -0.4 is 10.9 Å². The minimum atomic E-state index is -4.91. The Morgan fingerprint density at radius 1 is 0.659 bits per heavy atom. The molecule has 17 heteroatoms. The predicted octanol–water partition coefficient (Wildman–Crippen LogP) is 4.78. The molecule has 2 atom stereocenters. The van der Waals surface area contributed by atoms with Crippen molar-refractivity contribution in [1.29, 1.82) is 0 Å². The van der Waals surface area contributed by atoms with Crippen molar-refractivity contribution < 1.29 is 64.9 Å². The lowest BCUT2D eigenvalue weighted by molar-refractivity contribution is -0.159. The molecule has 0 spiro atoms. The third-order valence-corrected chi connectivity index (χ3v) is 6.03. The smallest absolute Gasteiger partial charge is 0.416 e. The number of hydrazine groups is 1. The normalized spacial score (nSPS) is 12.8. The minimum absolute atomic E-state index is 0.0169. The van der Waals surface area contributed by atoms with Crippen LogP contribution in [0, 0.1) is 0 Å². The Morgan fingerprint density at radius 2 is 1.11 bits per heavy atom. The van der Waals surface area contributed by atoms with Crippen molar-refractivity contribution >= 4 is 45.7 Å². The van der Waals surface area contributed by atoms with Crippen molar-refractivity contribution in [3.63, 3.8) is 0 Å². The van der Waals surface area contributed by atoms with E-state index in [4.69, 9.17) is 9.47 Å². The lowest BCUT2D eigenvalue weighted by Crippen LogP contribution is -2.54.